The molecular weight excluding hydrogens is 351 g/mol. The summed E-state index contributed by atoms with van der Waals surface area (Å²) in [7, 11) is 1.76. The highest BCUT2D eigenvalue weighted by Crippen LogP contribution is 2.27. The fraction of sp³-hybridized carbons (Fsp3) is 0.526. The van der Waals surface area contributed by atoms with Gasteiger partial charge in [0.15, 0.2) is 0 Å². The number of nitrogens with one attached hydrogen (secondary N) is 1. The summed E-state index contributed by atoms with van der Waals surface area (Å²) in [5, 5.41) is 7.83. The van der Waals surface area contributed by atoms with Crippen molar-refractivity contribution >= 4 is 17.7 Å². The number of nitrogens with zero attached hydrogens (tertiary/aromatic N) is 3. The Balaban J connectivity index is 1.49. The lowest BCUT2D eigenvalue weighted by atomic mass is 10.0. The van der Waals surface area contributed by atoms with Crippen LogP contribution in [-0.4, -0.2) is 38.8 Å². The zero-order chi connectivity index (χ0) is 18.5. The molecule has 0 saturated heterocycles. The van der Waals surface area contributed by atoms with Crippen molar-refractivity contribution in [2.75, 3.05) is 12.8 Å². The molecule has 1 aliphatic rings. The van der Waals surface area contributed by atoms with Crippen molar-refractivity contribution in [2.45, 2.75) is 50.2 Å². The topological polar surface area (TPSA) is 61.9 Å². The number of hydrogen-bond donors (Lipinski definition) is 1. The lowest BCUT2D eigenvalue weighted by molar-refractivity contribution is -0.128. The lowest BCUT2D eigenvalue weighted by Crippen LogP contribution is -2.31. The highest BCUT2D eigenvalue weighted by Gasteiger charge is 2.20. The maximum atomic E-state index is 13.0. The van der Waals surface area contributed by atoms with Crippen LogP contribution in [0.3, 0.4) is 0 Å². The molecule has 1 fully saturated rings. The van der Waals surface area contributed by atoms with Crippen molar-refractivity contribution in [3.05, 3.63) is 41.5 Å². The van der Waals surface area contributed by atoms with Gasteiger partial charge in [-0.2, -0.15) is 0 Å². The second-order valence-electron chi connectivity index (χ2n) is 6.94. The Morgan fingerprint density at radius 1 is 1.35 bits per heavy atom. The molecule has 2 aromatic rings. The Bertz CT molecular complexity index is 727. The van der Waals surface area contributed by atoms with E-state index in [9.17, 15) is 9.18 Å². The first-order valence-corrected chi connectivity index (χ1v) is 10.1. The molecule has 0 spiro atoms. The van der Waals surface area contributed by atoms with Crippen molar-refractivity contribution in [3.63, 3.8) is 0 Å². The summed E-state index contributed by atoms with van der Waals surface area (Å²) in [5.74, 6) is 1.63. The number of amides is 1. The van der Waals surface area contributed by atoms with Gasteiger partial charge in [-0.15, -0.1) is 5.10 Å². The number of hydrogen-bond acceptors (Lipinski definition) is 4. The molecule has 140 valence electrons. The molecule has 1 heterocycles. The minimum atomic E-state index is -0.275. The number of benzene rings is 1. The summed E-state index contributed by atoms with van der Waals surface area (Å²) >= 11 is 1.35. The summed E-state index contributed by atoms with van der Waals surface area (Å²) in [6.07, 6.45) is 6.12. The van der Waals surface area contributed by atoms with Gasteiger partial charge >= 0.3 is 0 Å². The van der Waals surface area contributed by atoms with Crippen LogP contribution >= 0.6 is 11.8 Å². The third kappa shape index (κ3) is 4.84. The van der Waals surface area contributed by atoms with Crippen molar-refractivity contribution in [1.29, 1.82) is 0 Å². The number of aromatic amines is 1. The number of carbonyl (C=O) groups is 1. The highest BCUT2D eigenvalue weighted by molar-refractivity contribution is 7.99. The van der Waals surface area contributed by atoms with E-state index in [1.165, 1.54) is 49.6 Å². The molecule has 1 amide bonds. The van der Waals surface area contributed by atoms with E-state index in [1.807, 2.05) is 6.92 Å². The van der Waals surface area contributed by atoms with Crippen LogP contribution in [0.15, 0.2) is 29.4 Å². The van der Waals surface area contributed by atoms with E-state index in [2.05, 4.69) is 15.2 Å². The van der Waals surface area contributed by atoms with Crippen LogP contribution in [0.4, 0.5) is 4.39 Å². The SMILES string of the molecule is CC(c1ccc(F)cc1)N(C)C(=O)CSc1n[nH]c(CC2CCCC2)n1. The van der Waals surface area contributed by atoms with Crippen LogP contribution in [0.1, 0.15) is 50.0 Å². The molecular formula is C19H25FN4OS. The normalized spacial score (nSPS) is 16.0. The molecule has 0 bridgehead atoms. The number of carbonyl (C=O) groups excluding carboxylic acids is 1. The Hall–Kier alpha value is -1.89. The monoisotopic (exact) mass is 376 g/mol. The standard InChI is InChI=1S/C19H25FN4OS/c1-13(15-7-9-16(20)10-8-15)24(2)18(25)12-26-19-21-17(22-23-19)11-14-5-3-4-6-14/h7-10,13-14H,3-6,11-12H2,1-2H3,(H,21,22,23). The summed E-state index contributed by atoms with van der Waals surface area (Å²) in [5.41, 5.74) is 0.906. The smallest absolute Gasteiger partial charge is 0.233 e. The van der Waals surface area contributed by atoms with Crippen LogP contribution in [0.5, 0.6) is 0 Å². The Labute approximate surface area is 157 Å². The Morgan fingerprint density at radius 3 is 2.73 bits per heavy atom. The minimum Gasteiger partial charge on any atom is -0.338 e. The van der Waals surface area contributed by atoms with Gasteiger partial charge in [-0.1, -0.05) is 49.6 Å². The van der Waals surface area contributed by atoms with Crippen molar-refractivity contribution in [2.24, 2.45) is 5.92 Å². The van der Waals surface area contributed by atoms with E-state index in [0.717, 1.165) is 17.8 Å². The fourth-order valence-electron chi connectivity index (χ4n) is 3.33. The summed E-state index contributed by atoms with van der Waals surface area (Å²) in [6, 6.07) is 6.13. The predicted molar refractivity (Wildman–Crippen MR) is 100 cm³/mol. The first kappa shape index (κ1) is 18.9. The van der Waals surface area contributed by atoms with Gasteiger partial charge in [0.25, 0.3) is 0 Å². The molecule has 1 aromatic carbocycles. The third-order valence-electron chi connectivity index (χ3n) is 5.12. The quantitative estimate of drug-likeness (QED) is 0.742. The molecule has 1 atom stereocenters. The van der Waals surface area contributed by atoms with E-state index in [-0.39, 0.29) is 23.5 Å². The van der Waals surface area contributed by atoms with Crippen LogP contribution in [0.25, 0.3) is 0 Å². The average molecular weight is 377 g/mol. The van der Waals surface area contributed by atoms with Gasteiger partial charge in [-0.25, -0.2) is 9.37 Å². The molecule has 1 N–H and O–H groups in total. The van der Waals surface area contributed by atoms with Crippen LogP contribution < -0.4 is 0 Å². The van der Waals surface area contributed by atoms with E-state index in [4.69, 9.17) is 0 Å². The van der Waals surface area contributed by atoms with E-state index in [0.29, 0.717) is 11.1 Å². The zero-order valence-electron chi connectivity index (χ0n) is 15.2. The molecule has 0 radical (unpaired) electrons. The van der Waals surface area contributed by atoms with Gasteiger partial charge in [0, 0.05) is 13.5 Å². The van der Waals surface area contributed by atoms with Gasteiger partial charge in [-0.05, 0) is 30.5 Å². The van der Waals surface area contributed by atoms with Crippen molar-refractivity contribution in [1.82, 2.24) is 20.1 Å². The predicted octanol–water partition coefficient (Wildman–Crippen LogP) is 3.99. The van der Waals surface area contributed by atoms with Gasteiger partial charge in [-0.3, -0.25) is 9.89 Å². The first-order valence-electron chi connectivity index (χ1n) is 9.08. The molecule has 1 aromatic heterocycles. The molecule has 0 aliphatic heterocycles. The van der Waals surface area contributed by atoms with Gasteiger partial charge in [0.2, 0.25) is 11.1 Å². The minimum absolute atomic E-state index is 0.00559. The fourth-order valence-corrected chi connectivity index (χ4v) is 4.07. The lowest BCUT2D eigenvalue weighted by Gasteiger charge is -2.25. The summed E-state index contributed by atoms with van der Waals surface area (Å²) < 4.78 is 13.0. The number of halogens is 1. The maximum Gasteiger partial charge on any atom is 0.233 e. The Morgan fingerprint density at radius 2 is 2.04 bits per heavy atom. The van der Waals surface area contributed by atoms with Crippen LogP contribution in [-0.2, 0) is 11.2 Å². The number of aromatic nitrogens is 3. The summed E-state index contributed by atoms with van der Waals surface area (Å²) in [6.45, 7) is 1.93. The number of rotatable bonds is 7. The number of thioether (sulfide) groups is 1. The third-order valence-corrected chi connectivity index (χ3v) is 5.95. The number of H-pyrrole nitrogens is 1. The van der Waals surface area contributed by atoms with E-state index >= 15 is 0 Å². The Kier molecular flexibility index (Phi) is 6.29. The second kappa shape index (κ2) is 8.66. The van der Waals surface area contributed by atoms with Gasteiger partial charge in [0.1, 0.15) is 11.6 Å². The average Bonchev–Trinajstić information content (AvgIpc) is 3.31. The molecule has 26 heavy (non-hydrogen) atoms. The summed E-state index contributed by atoms with van der Waals surface area (Å²) in [4.78, 5) is 18.6. The second-order valence-corrected chi connectivity index (χ2v) is 7.88. The van der Waals surface area contributed by atoms with Crippen LogP contribution in [0.2, 0.25) is 0 Å². The highest BCUT2D eigenvalue weighted by atomic mass is 32.2. The van der Waals surface area contributed by atoms with E-state index in [1.54, 1.807) is 24.1 Å². The molecule has 7 heteroatoms. The van der Waals surface area contributed by atoms with E-state index < -0.39 is 0 Å². The van der Waals surface area contributed by atoms with Gasteiger partial charge in [0.05, 0.1) is 11.8 Å². The first-order chi connectivity index (χ1) is 12.5. The van der Waals surface area contributed by atoms with Gasteiger partial charge < -0.3 is 4.90 Å². The van der Waals surface area contributed by atoms with Crippen LogP contribution in [0, 0.1) is 11.7 Å². The molecule has 1 unspecified atom stereocenters. The maximum absolute atomic E-state index is 13.0. The van der Waals surface area contributed by atoms with Crippen molar-refractivity contribution in [3.8, 4) is 0 Å². The molecule has 3 rings (SSSR count). The van der Waals surface area contributed by atoms with Crippen molar-refractivity contribution < 1.29 is 9.18 Å². The molecule has 5 nitrogen and oxygen atoms in total. The molecule has 1 aliphatic carbocycles. The molecule has 1 saturated carbocycles. The zero-order valence-corrected chi connectivity index (χ0v) is 16.1. The largest absolute Gasteiger partial charge is 0.338 e.